The van der Waals surface area contributed by atoms with E-state index in [2.05, 4.69) is 5.32 Å². The van der Waals surface area contributed by atoms with Gasteiger partial charge in [-0.25, -0.2) is 4.39 Å². The highest BCUT2D eigenvalue weighted by Crippen LogP contribution is 2.39. The van der Waals surface area contributed by atoms with Crippen LogP contribution in [0.5, 0.6) is 0 Å². The number of benzene rings is 2. The van der Waals surface area contributed by atoms with Crippen LogP contribution < -0.4 is 5.32 Å². The molecule has 5 rings (SSSR count). The molecule has 0 aliphatic carbocycles. The zero-order chi connectivity index (χ0) is 26.0. The van der Waals surface area contributed by atoms with E-state index >= 15 is 0 Å². The number of nitrogens with zero attached hydrogens (tertiary/aromatic N) is 2. The van der Waals surface area contributed by atoms with Gasteiger partial charge in [-0.2, -0.15) is 0 Å². The molecule has 0 bridgehead atoms. The maximum Gasteiger partial charge on any atom is 0.257 e. The van der Waals surface area contributed by atoms with Gasteiger partial charge >= 0.3 is 0 Å². The Bertz CT molecular complexity index is 1160. The van der Waals surface area contributed by atoms with Crippen molar-refractivity contribution >= 4 is 17.7 Å². The van der Waals surface area contributed by atoms with Crippen molar-refractivity contribution in [3.63, 3.8) is 0 Å². The highest BCUT2D eigenvalue weighted by Gasteiger charge is 2.54. The number of nitrogens with one attached hydrogen (secondary N) is 1. The monoisotopic (exact) mass is 509 g/mol. The molecule has 2 aromatic carbocycles. The summed E-state index contributed by atoms with van der Waals surface area (Å²) in [4.78, 5) is 43.5. The highest BCUT2D eigenvalue weighted by molar-refractivity contribution is 5.99. The molecule has 2 aromatic rings. The molecule has 3 aliphatic rings. The smallest absolute Gasteiger partial charge is 0.257 e. The van der Waals surface area contributed by atoms with Crippen molar-refractivity contribution in [1.29, 1.82) is 0 Å². The Kier molecular flexibility index (Phi) is 7.26. The summed E-state index contributed by atoms with van der Waals surface area (Å²) < 4.78 is 25.2. The number of ether oxygens (including phenoxy) is 2. The lowest BCUT2D eigenvalue weighted by atomic mass is 9.95. The summed E-state index contributed by atoms with van der Waals surface area (Å²) in [5.41, 5.74) is 0.750. The van der Waals surface area contributed by atoms with Crippen LogP contribution >= 0.6 is 0 Å². The first-order valence-corrected chi connectivity index (χ1v) is 12.9. The van der Waals surface area contributed by atoms with Crippen molar-refractivity contribution in [2.75, 3.05) is 32.8 Å². The zero-order valence-corrected chi connectivity index (χ0v) is 21.0. The van der Waals surface area contributed by atoms with Crippen LogP contribution in [0, 0.1) is 12.7 Å². The molecular formula is C28H32FN3O5. The average molecular weight is 510 g/mol. The summed E-state index contributed by atoms with van der Waals surface area (Å²) in [6.45, 7) is 3.74. The van der Waals surface area contributed by atoms with Gasteiger partial charge in [0.1, 0.15) is 17.6 Å². The molecule has 2 atom stereocenters. The normalized spacial score (nSPS) is 22.9. The maximum absolute atomic E-state index is 13.9. The fraction of sp³-hybridized carbons (Fsp3) is 0.464. The van der Waals surface area contributed by atoms with Gasteiger partial charge in [-0.3, -0.25) is 19.3 Å². The van der Waals surface area contributed by atoms with Crippen molar-refractivity contribution in [3.8, 4) is 0 Å². The quantitative estimate of drug-likeness (QED) is 0.670. The van der Waals surface area contributed by atoms with Crippen molar-refractivity contribution in [3.05, 3.63) is 71.0 Å². The van der Waals surface area contributed by atoms with E-state index in [0.29, 0.717) is 50.2 Å². The average Bonchev–Trinajstić information content (AvgIpc) is 3.56. The number of hydrogen-bond donors (Lipinski definition) is 1. The Balaban J connectivity index is 1.35. The summed E-state index contributed by atoms with van der Waals surface area (Å²) in [5, 5.41) is 2.96. The van der Waals surface area contributed by atoms with Gasteiger partial charge < -0.3 is 19.7 Å². The first-order valence-electron chi connectivity index (χ1n) is 12.9. The molecule has 9 heteroatoms. The molecule has 3 saturated heterocycles. The largest absolute Gasteiger partial charge is 0.376 e. The van der Waals surface area contributed by atoms with E-state index in [9.17, 15) is 18.8 Å². The molecular weight excluding hydrogens is 477 g/mol. The summed E-state index contributed by atoms with van der Waals surface area (Å²) in [7, 11) is 0. The fourth-order valence-electron chi connectivity index (χ4n) is 5.48. The van der Waals surface area contributed by atoms with Gasteiger partial charge in [0, 0.05) is 50.2 Å². The van der Waals surface area contributed by atoms with Crippen LogP contribution in [0.25, 0.3) is 0 Å². The van der Waals surface area contributed by atoms with E-state index in [1.807, 2.05) is 19.1 Å². The zero-order valence-electron chi connectivity index (χ0n) is 21.0. The molecule has 3 aliphatic heterocycles. The third-order valence-electron chi connectivity index (χ3n) is 7.61. The van der Waals surface area contributed by atoms with Gasteiger partial charge in [0.15, 0.2) is 0 Å². The number of rotatable bonds is 5. The topological polar surface area (TPSA) is 88.2 Å². The molecule has 3 fully saturated rings. The molecule has 3 amide bonds. The van der Waals surface area contributed by atoms with Crippen LogP contribution in [0.2, 0.25) is 0 Å². The highest BCUT2D eigenvalue weighted by atomic mass is 19.1. The van der Waals surface area contributed by atoms with Crippen molar-refractivity contribution in [1.82, 2.24) is 15.1 Å². The number of amides is 3. The Morgan fingerprint density at radius 1 is 1.05 bits per heavy atom. The molecule has 3 heterocycles. The van der Waals surface area contributed by atoms with Gasteiger partial charge in [0.05, 0.1) is 12.7 Å². The summed E-state index contributed by atoms with van der Waals surface area (Å²) in [5.74, 6) is -1.12. The van der Waals surface area contributed by atoms with Crippen LogP contribution in [0.15, 0.2) is 48.5 Å². The standard InChI is InChI=1S/C28H32FN3O5/c1-19-5-2-3-7-23(19)27(35)32-24(25(33)30-17-22-6-4-16-36-22)18-37-28(32)12-14-31(15-13-28)26(34)20-8-10-21(29)11-9-20/h2-3,5,7-11,22,24H,4,6,12-18H2,1H3,(H,30,33)/t22-,24+/m0/s1. The minimum absolute atomic E-state index is 0.0125. The number of likely N-dealkylation sites (tertiary alicyclic amines) is 1. The minimum atomic E-state index is -0.995. The summed E-state index contributed by atoms with van der Waals surface area (Å²) >= 11 is 0. The second-order valence-electron chi connectivity index (χ2n) is 9.94. The lowest BCUT2D eigenvalue weighted by Crippen LogP contribution is -2.60. The molecule has 0 aromatic heterocycles. The van der Waals surface area contributed by atoms with E-state index in [1.54, 1.807) is 21.9 Å². The van der Waals surface area contributed by atoms with E-state index < -0.39 is 17.6 Å². The Hall–Kier alpha value is -3.30. The van der Waals surface area contributed by atoms with Gasteiger partial charge in [-0.15, -0.1) is 0 Å². The predicted molar refractivity (Wildman–Crippen MR) is 133 cm³/mol. The first kappa shape index (κ1) is 25.4. The van der Waals surface area contributed by atoms with E-state index in [-0.39, 0.29) is 30.4 Å². The molecule has 1 spiro atoms. The fourth-order valence-corrected chi connectivity index (χ4v) is 5.48. The van der Waals surface area contributed by atoms with Gasteiger partial charge in [0.25, 0.3) is 11.8 Å². The lowest BCUT2D eigenvalue weighted by Gasteiger charge is -2.44. The number of carbonyl (C=O) groups excluding carboxylic acids is 3. The molecule has 0 saturated carbocycles. The van der Waals surface area contributed by atoms with Gasteiger partial charge in [-0.05, 0) is 55.7 Å². The van der Waals surface area contributed by atoms with Gasteiger partial charge in [0.2, 0.25) is 5.91 Å². The number of carbonyl (C=O) groups is 3. The lowest BCUT2D eigenvalue weighted by molar-refractivity contribution is -0.128. The van der Waals surface area contributed by atoms with E-state index in [0.717, 1.165) is 18.4 Å². The van der Waals surface area contributed by atoms with Crippen molar-refractivity contribution in [2.45, 2.75) is 50.5 Å². The van der Waals surface area contributed by atoms with Crippen molar-refractivity contribution < 1.29 is 28.2 Å². The van der Waals surface area contributed by atoms with Crippen LogP contribution in [0.4, 0.5) is 4.39 Å². The second kappa shape index (κ2) is 10.6. The molecule has 1 N–H and O–H groups in total. The molecule has 8 nitrogen and oxygen atoms in total. The van der Waals surface area contributed by atoms with E-state index in [4.69, 9.17) is 9.47 Å². The SMILES string of the molecule is Cc1ccccc1C(=O)N1[C@@H](C(=O)NC[C@@H]2CCCO2)COC12CCN(C(=O)c1ccc(F)cc1)CC2. The summed E-state index contributed by atoms with van der Waals surface area (Å²) in [6, 6.07) is 12.0. The maximum atomic E-state index is 13.9. The third-order valence-corrected chi connectivity index (χ3v) is 7.61. The van der Waals surface area contributed by atoms with Crippen LogP contribution in [0.1, 0.15) is 52.0 Å². The molecule has 196 valence electrons. The predicted octanol–water partition coefficient (Wildman–Crippen LogP) is 2.90. The number of piperidine rings is 1. The van der Waals surface area contributed by atoms with E-state index in [1.165, 1.54) is 24.3 Å². The van der Waals surface area contributed by atoms with Crippen LogP contribution in [-0.4, -0.2) is 78.2 Å². The Morgan fingerprint density at radius 3 is 2.46 bits per heavy atom. The number of hydrogen-bond acceptors (Lipinski definition) is 5. The number of aryl methyl sites for hydroxylation is 1. The number of halogens is 1. The summed E-state index contributed by atoms with van der Waals surface area (Å²) in [6.07, 6.45) is 2.60. The van der Waals surface area contributed by atoms with Crippen LogP contribution in [0.3, 0.4) is 0 Å². The first-order chi connectivity index (χ1) is 17.9. The molecule has 0 radical (unpaired) electrons. The third kappa shape index (κ3) is 5.10. The molecule has 0 unspecified atom stereocenters. The van der Waals surface area contributed by atoms with Crippen LogP contribution in [-0.2, 0) is 14.3 Å². The van der Waals surface area contributed by atoms with Gasteiger partial charge in [-0.1, -0.05) is 18.2 Å². The Labute approximate surface area is 215 Å². The van der Waals surface area contributed by atoms with Crippen molar-refractivity contribution in [2.24, 2.45) is 0 Å². The Morgan fingerprint density at radius 2 is 1.78 bits per heavy atom. The second-order valence-corrected chi connectivity index (χ2v) is 9.94. The minimum Gasteiger partial charge on any atom is -0.376 e. The molecule has 37 heavy (non-hydrogen) atoms.